The first-order chi connectivity index (χ1) is 20.8. The molecule has 0 aromatic carbocycles. The van der Waals surface area contributed by atoms with E-state index in [-0.39, 0.29) is 11.8 Å². The largest absolute Gasteiger partial charge is 0.490 e. The zero-order valence-electron chi connectivity index (χ0n) is 24.2. The lowest BCUT2D eigenvalue weighted by atomic mass is 10.1. The van der Waals surface area contributed by atoms with Gasteiger partial charge in [-0.25, -0.2) is 14.4 Å². The minimum Gasteiger partial charge on any atom is -0.475 e. The van der Waals surface area contributed by atoms with E-state index in [1.807, 2.05) is 55.2 Å². The fourth-order valence-corrected chi connectivity index (χ4v) is 3.18. The van der Waals surface area contributed by atoms with Crippen LogP contribution in [0.2, 0.25) is 0 Å². The highest BCUT2D eigenvalue weighted by Gasteiger charge is 2.39. The number of nitrogens with one attached hydrogen (secondary N) is 1. The van der Waals surface area contributed by atoms with Crippen LogP contribution >= 0.6 is 0 Å². The van der Waals surface area contributed by atoms with Crippen molar-refractivity contribution >= 4 is 23.8 Å². The van der Waals surface area contributed by atoms with Gasteiger partial charge in [-0.2, -0.15) is 49.7 Å². The fourth-order valence-electron chi connectivity index (χ4n) is 3.18. The van der Waals surface area contributed by atoms with E-state index in [4.69, 9.17) is 29.7 Å². The smallest absolute Gasteiger partial charge is 0.475 e. The third-order valence-corrected chi connectivity index (χ3v) is 5.18. The van der Waals surface area contributed by atoms with Gasteiger partial charge in [0.05, 0.1) is 24.4 Å². The van der Waals surface area contributed by atoms with Gasteiger partial charge < -0.3 is 25.5 Å². The van der Waals surface area contributed by atoms with Crippen molar-refractivity contribution in [1.29, 1.82) is 0 Å². The van der Waals surface area contributed by atoms with E-state index in [1.165, 1.54) is 0 Å². The van der Waals surface area contributed by atoms with Crippen LogP contribution in [-0.2, 0) is 45.9 Å². The second-order valence-corrected chi connectivity index (χ2v) is 9.40. The van der Waals surface area contributed by atoms with Crippen LogP contribution in [0.5, 0.6) is 0 Å². The Balaban J connectivity index is 0.000000786. The molecular formula is C23H30F9N7O7. The Morgan fingerprint density at radius 1 is 0.891 bits per heavy atom. The molecule has 0 saturated heterocycles. The second kappa shape index (κ2) is 17.9. The second-order valence-electron chi connectivity index (χ2n) is 9.40. The number of aromatic nitrogens is 4. The van der Waals surface area contributed by atoms with Crippen LogP contribution in [0, 0.1) is 5.92 Å². The minimum absolute atomic E-state index is 0.0985. The van der Waals surface area contributed by atoms with Crippen molar-refractivity contribution in [2.75, 3.05) is 33.7 Å². The Hall–Kier alpha value is -4.41. The molecule has 1 unspecified atom stereocenters. The first kappa shape index (κ1) is 41.6. The van der Waals surface area contributed by atoms with E-state index >= 15 is 0 Å². The molecule has 14 nitrogen and oxygen atoms in total. The summed E-state index contributed by atoms with van der Waals surface area (Å²) in [5.41, 5.74) is 2.30. The van der Waals surface area contributed by atoms with E-state index < -0.39 is 36.4 Å². The number of nitrogens with zero attached hydrogens (tertiary/aromatic N) is 6. The third-order valence-electron chi connectivity index (χ3n) is 5.18. The van der Waals surface area contributed by atoms with Gasteiger partial charge in [-0.3, -0.25) is 19.1 Å². The number of hydrogen-bond donors (Lipinski definition) is 4. The predicted octanol–water partition coefficient (Wildman–Crippen LogP) is 1.83. The van der Waals surface area contributed by atoms with Gasteiger partial charge in [-0.15, -0.1) is 0 Å². The molecule has 0 bridgehead atoms. The number of hydrogen-bond acceptors (Lipinski definition) is 8. The van der Waals surface area contributed by atoms with Gasteiger partial charge in [0.1, 0.15) is 0 Å². The summed E-state index contributed by atoms with van der Waals surface area (Å²) < 4.78 is 99.0. The molecule has 3 heterocycles. The molecule has 0 spiro atoms. The Kier molecular flexibility index (Phi) is 16.2. The SMILES string of the molecule is CN(C)CCNC(=O)C1CN(Cc2cnn(C)c2)Cc2ccnn2C1.O=C(O)C(F)(F)F.O=C(O)C(F)(F)F.O=C(O)C(F)(F)F. The Labute approximate surface area is 254 Å². The van der Waals surface area contributed by atoms with Crippen LogP contribution < -0.4 is 5.32 Å². The van der Waals surface area contributed by atoms with Crippen molar-refractivity contribution in [2.45, 2.75) is 38.2 Å². The molecule has 4 N–H and O–H groups in total. The highest BCUT2D eigenvalue weighted by atomic mass is 19.4. The predicted molar refractivity (Wildman–Crippen MR) is 136 cm³/mol. The summed E-state index contributed by atoms with van der Waals surface area (Å²) in [5.74, 6) is -8.28. The lowest BCUT2D eigenvalue weighted by Gasteiger charge is -2.23. The fraction of sp³-hybridized carbons (Fsp3) is 0.565. The molecule has 3 rings (SSSR count). The molecule has 2 aromatic heterocycles. The van der Waals surface area contributed by atoms with E-state index in [1.54, 1.807) is 0 Å². The molecule has 0 aliphatic carbocycles. The minimum atomic E-state index is -5.08. The first-order valence-corrected chi connectivity index (χ1v) is 12.4. The van der Waals surface area contributed by atoms with Gasteiger partial charge in [-0.05, 0) is 20.2 Å². The average Bonchev–Trinajstić information content (AvgIpc) is 3.46. The number of aryl methyl sites for hydroxylation is 1. The van der Waals surface area contributed by atoms with Crippen LogP contribution in [0.1, 0.15) is 11.3 Å². The zero-order chi connectivity index (χ0) is 36.0. The maximum atomic E-state index is 12.7. The van der Waals surface area contributed by atoms with Crippen LogP contribution in [0.4, 0.5) is 39.5 Å². The van der Waals surface area contributed by atoms with Crippen LogP contribution in [0.15, 0.2) is 24.7 Å². The van der Waals surface area contributed by atoms with Crippen molar-refractivity contribution in [1.82, 2.24) is 34.7 Å². The van der Waals surface area contributed by atoms with Gasteiger partial charge in [0.25, 0.3) is 0 Å². The molecule has 0 fully saturated rings. The van der Waals surface area contributed by atoms with E-state index in [0.717, 1.165) is 30.9 Å². The quantitative estimate of drug-likeness (QED) is 0.325. The molecule has 0 saturated carbocycles. The van der Waals surface area contributed by atoms with Crippen molar-refractivity contribution in [2.24, 2.45) is 13.0 Å². The monoisotopic (exact) mass is 687 g/mol. The maximum absolute atomic E-state index is 12.7. The van der Waals surface area contributed by atoms with Gasteiger partial charge in [-0.1, -0.05) is 0 Å². The van der Waals surface area contributed by atoms with Crippen molar-refractivity contribution < 1.29 is 74.0 Å². The van der Waals surface area contributed by atoms with Crippen molar-refractivity contribution in [3.63, 3.8) is 0 Å². The maximum Gasteiger partial charge on any atom is 0.490 e. The number of rotatable bonds is 6. The van der Waals surface area contributed by atoms with Crippen LogP contribution in [0.25, 0.3) is 0 Å². The summed E-state index contributed by atoms with van der Waals surface area (Å²) in [6.07, 6.45) is -9.54. The van der Waals surface area contributed by atoms with E-state index in [9.17, 15) is 44.3 Å². The summed E-state index contributed by atoms with van der Waals surface area (Å²) in [7, 11) is 5.93. The number of aliphatic carboxylic acids is 3. The lowest BCUT2D eigenvalue weighted by molar-refractivity contribution is -0.193. The Morgan fingerprint density at radius 2 is 1.37 bits per heavy atom. The molecule has 46 heavy (non-hydrogen) atoms. The number of halogens is 9. The van der Waals surface area contributed by atoms with Crippen molar-refractivity contribution in [3.05, 3.63) is 35.9 Å². The molecule has 262 valence electrons. The van der Waals surface area contributed by atoms with Gasteiger partial charge in [0, 0.05) is 57.7 Å². The number of fused-ring (bicyclic) bond motifs is 1. The summed E-state index contributed by atoms with van der Waals surface area (Å²) in [4.78, 5) is 43.7. The number of carboxylic acids is 3. The van der Waals surface area contributed by atoms with Crippen LogP contribution in [0.3, 0.4) is 0 Å². The Morgan fingerprint density at radius 3 is 1.76 bits per heavy atom. The number of carboxylic acid groups (broad SMARTS) is 3. The van der Waals surface area contributed by atoms with E-state index in [0.29, 0.717) is 19.6 Å². The molecule has 1 atom stereocenters. The summed E-state index contributed by atoms with van der Waals surface area (Å²) in [5, 5.41) is 33.1. The number of likely N-dealkylation sites (N-methyl/N-ethyl adjacent to an activating group) is 1. The molecule has 2 aromatic rings. The number of carbonyl (C=O) groups excluding carboxylic acids is 1. The summed E-state index contributed by atoms with van der Waals surface area (Å²) in [6.45, 7) is 4.41. The molecule has 23 heteroatoms. The van der Waals surface area contributed by atoms with Gasteiger partial charge >= 0.3 is 36.4 Å². The zero-order valence-corrected chi connectivity index (χ0v) is 24.2. The lowest BCUT2D eigenvalue weighted by Crippen LogP contribution is -2.41. The molecule has 0 radical (unpaired) electrons. The molecular weight excluding hydrogens is 657 g/mol. The molecule has 1 amide bonds. The molecule has 1 aliphatic rings. The average molecular weight is 688 g/mol. The highest BCUT2D eigenvalue weighted by molar-refractivity contribution is 5.79. The standard InChI is InChI=1S/C17H27N7O.3C2HF3O2/c1-21(2)7-6-18-17(25)15-11-23(10-14-8-20-22(3)9-14)13-16-4-5-19-24(16)12-15;3*3-2(4,5)1(6)7/h4-5,8-9,15H,6-7,10-13H2,1-3H3,(H,18,25);3*(H,6,7). The van der Waals surface area contributed by atoms with Gasteiger partial charge in [0.2, 0.25) is 5.91 Å². The first-order valence-electron chi connectivity index (χ1n) is 12.4. The molecule has 1 aliphatic heterocycles. The number of carbonyl (C=O) groups is 4. The topological polar surface area (TPSA) is 183 Å². The highest BCUT2D eigenvalue weighted by Crippen LogP contribution is 2.18. The summed E-state index contributed by atoms with van der Waals surface area (Å²) in [6, 6.07) is 2.03. The number of alkyl halides is 9. The summed E-state index contributed by atoms with van der Waals surface area (Å²) >= 11 is 0. The van der Waals surface area contributed by atoms with Crippen molar-refractivity contribution in [3.8, 4) is 0 Å². The van der Waals surface area contributed by atoms with E-state index in [2.05, 4.69) is 25.3 Å². The van der Waals surface area contributed by atoms with Gasteiger partial charge in [0.15, 0.2) is 0 Å². The number of amides is 1. The Bertz CT molecular complexity index is 1220. The third kappa shape index (κ3) is 17.2. The van der Waals surface area contributed by atoms with Crippen LogP contribution in [-0.4, -0.2) is 121 Å². The normalized spacial score (nSPS) is 15.0.